The van der Waals surface area contributed by atoms with Crippen LogP contribution in [0.5, 0.6) is 0 Å². The van der Waals surface area contributed by atoms with Crippen LogP contribution in [0.15, 0.2) is 41.8 Å². The summed E-state index contributed by atoms with van der Waals surface area (Å²) in [6.07, 6.45) is 0.0673. The van der Waals surface area contributed by atoms with Crippen LogP contribution in [0.1, 0.15) is 35.3 Å². The molecule has 1 fully saturated rings. The van der Waals surface area contributed by atoms with Gasteiger partial charge < -0.3 is 0 Å². The summed E-state index contributed by atoms with van der Waals surface area (Å²) in [6.45, 7) is 3.29. The minimum Gasteiger partial charge on any atom is -0.298 e. The molecule has 2 heterocycles. The Morgan fingerprint density at radius 2 is 1.75 bits per heavy atom. The highest BCUT2D eigenvalue weighted by Crippen LogP contribution is 2.30. The van der Waals surface area contributed by atoms with Gasteiger partial charge in [-0.25, -0.2) is 0 Å². The molecule has 5 heteroatoms. The number of thiophene rings is 1. The number of rotatable bonds is 5. The van der Waals surface area contributed by atoms with Crippen molar-refractivity contribution >= 4 is 11.3 Å². The molecule has 0 unspecified atom stereocenters. The zero-order valence-corrected chi connectivity index (χ0v) is 14.4. The Morgan fingerprint density at radius 1 is 1.04 bits per heavy atom. The second kappa shape index (κ2) is 7.70. The SMILES string of the molecule is FC(F)(F)c1ccc(CCC2CCN(Cc3cccs3)CC2)cc1. The molecule has 1 aliphatic rings. The normalized spacial score (nSPS) is 17.3. The van der Waals surface area contributed by atoms with Gasteiger partial charge >= 0.3 is 6.18 Å². The van der Waals surface area contributed by atoms with E-state index in [1.165, 1.54) is 29.9 Å². The van der Waals surface area contributed by atoms with Crippen LogP contribution in [0.3, 0.4) is 0 Å². The van der Waals surface area contributed by atoms with Gasteiger partial charge in [-0.15, -0.1) is 11.3 Å². The van der Waals surface area contributed by atoms with Gasteiger partial charge in [0.25, 0.3) is 0 Å². The summed E-state index contributed by atoms with van der Waals surface area (Å²) in [4.78, 5) is 3.92. The molecule has 1 aliphatic heterocycles. The highest BCUT2D eigenvalue weighted by atomic mass is 32.1. The van der Waals surface area contributed by atoms with Crippen LogP contribution in [-0.2, 0) is 19.1 Å². The topological polar surface area (TPSA) is 3.24 Å². The quantitative estimate of drug-likeness (QED) is 0.675. The fourth-order valence-electron chi connectivity index (χ4n) is 3.29. The van der Waals surface area contributed by atoms with Gasteiger partial charge in [-0.3, -0.25) is 4.90 Å². The molecule has 130 valence electrons. The van der Waals surface area contributed by atoms with Crippen molar-refractivity contribution in [2.75, 3.05) is 13.1 Å². The van der Waals surface area contributed by atoms with E-state index >= 15 is 0 Å². The van der Waals surface area contributed by atoms with Gasteiger partial charge in [-0.2, -0.15) is 13.2 Å². The Balaban J connectivity index is 1.42. The molecule has 0 amide bonds. The number of aryl methyl sites for hydroxylation is 1. The molecule has 1 aromatic carbocycles. The molecule has 0 aliphatic carbocycles. The van der Waals surface area contributed by atoms with Gasteiger partial charge in [0, 0.05) is 11.4 Å². The first kappa shape index (κ1) is 17.5. The van der Waals surface area contributed by atoms with Gasteiger partial charge in [0.1, 0.15) is 0 Å². The Kier molecular flexibility index (Phi) is 5.61. The van der Waals surface area contributed by atoms with Gasteiger partial charge in [-0.1, -0.05) is 18.2 Å². The van der Waals surface area contributed by atoms with Crippen LogP contribution >= 0.6 is 11.3 Å². The molecule has 1 saturated heterocycles. The predicted molar refractivity (Wildman–Crippen MR) is 92.1 cm³/mol. The van der Waals surface area contributed by atoms with Crippen LogP contribution in [0, 0.1) is 5.92 Å². The Labute approximate surface area is 145 Å². The summed E-state index contributed by atoms with van der Waals surface area (Å²) in [5, 5.41) is 2.12. The number of halogens is 3. The molecule has 0 radical (unpaired) electrons. The summed E-state index contributed by atoms with van der Waals surface area (Å²) in [6, 6.07) is 9.90. The number of benzene rings is 1. The summed E-state index contributed by atoms with van der Waals surface area (Å²) in [5.41, 5.74) is 0.442. The fraction of sp³-hybridized carbons (Fsp3) is 0.474. The number of likely N-dealkylation sites (tertiary alicyclic amines) is 1. The molecule has 1 nitrogen and oxygen atoms in total. The molecule has 0 atom stereocenters. The van der Waals surface area contributed by atoms with E-state index in [1.54, 1.807) is 23.5 Å². The maximum Gasteiger partial charge on any atom is 0.416 e. The number of piperidine rings is 1. The lowest BCUT2D eigenvalue weighted by Gasteiger charge is -2.31. The van der Waals surface area contributed by atoms with E-state index in [4.69, 9.17) is 0 Å². The van der Waals surface area contributed by atoms with E-state index in [-0.39, 0.29) is 0 Å². The summed E-state index contributed by atoms with van der Waals surface area (Å²) >= 11 is 1.81. The second-order valence-corrected chi connectivity index (χ2v) is 7.56. The van der Waals surface area contributed by atoms with Crippen LogP contribution in [0.25, 0.3) is 0 Å². The van der Waals surface area contributed by atoms with E-state index < -0.39 is 11.7 Å². The third kappa shape index (κ3) is 4.84. The zero-order valence-electron chi connectivity index (χ0n) is 13.6. The molecule has 0 N–H and O–H groups in total. The third-order valence-electron chi connectivity index (χ3n) is 4.79. The lowest BCUT2D eigenvalue weighted by Crippen LogP contribution is -2.33. The average Bonchev–Trinajstić information content (AvgIpc) is 3.07. The van der Waals surface area contributed by atoms with Crippen molar-refractivity contribution in [2.24, 2.45) is 5.92 Å². The Hall–Kier alpha value is -1.33. The molecular formula is C19H22F3NS. The Bertz CT molecular complexity index is 611. The smallest absolute Gasteiger partial charge is 0.298 e. The molecule has 1 aromatic heterocycles. The van der Waals surface area contributed by atoms with Gasteiger partial charge in [0.05, 0.1) is 5.56 Å². The van der Waals surface area contributed by atoms with Crippen LogP contribution in [0.2, 0.25) is 0 Å². The first-order valence-corrected chi connectivity index (χ1v) is 9.29. The number of alkyl halides is 3. The fourth-order valence-corrected chi connectivity index (χ4v) is 4.03. The maximum atomic E-state index is 12.6. The largest absolute Gasteiger partial charge is 0.416 e. The van der Waals surface area contributed by atoms with Gasteiger partial charge in [0.15, 0.2) is 0 Å². The molecule has 0 spiro atoms. The Morgan fingerprint density at radius 3 is 2.33 bits per heavy atom. The van der Waals surface area contributed by atoms with Gasteiger partial charge in [-0.05, 0) is 73.8 Å². The van der Waals surface area contributed by atoms with E-state index in [2.05, 4.69) is 22.4 Å². The van der Waals surface area contributed by atoms with Crippen molar-refractivity contribution in [3.8, 4) is 0 Å². The highest BCUT2D eigenvalue weighted by molar-refractivity contribution is 7.09. The van der Waals surface area contributed by atoms with Crippen LogP contribution in [-0.4, -0.2) is 18.0 Å². The van der Waals surface area contributed by atoms with E-state index in [9.17, 15) is 13.2 Å². The van der Waals surface area contributed by atoms with E-state index in [1.807, 2.05) is 0 Å². The summed E-state index contributed by atoms with van der Waals surface area (Å²) in [5.74, 6) is 0.687. The van der Waals surface area contributed by atoms with Crippen molar-refractivity contribution in [3.63, 3.8) is 0 Å². The number of hydrogen-bond donors (Lipinski definition) is 0. The molecular weight excluding hydrogens is 331 g/mol. The minimum absolute atomic E-state index is 0.562. The molecule has 0 saturated carbocycles. The predicted octanol–water partition coefficient (Wildman–Crippen LogP) is 5.61. The van der Waals surface area contributed by atoms with Crippen molar-refractivity contribution in [1.29, 1.82) is 0 Å². The van der Waals surface area contributed by atoms with E-state index in [0.29, 0.717) is 5.92 Å². The lowest BCUT2D eigenvalue weighted by molar-refractivity contribution is -0.137. The second-order valence-electron chi connectivity index (χ2n) is 6.53. The van der Waals surface area contributed by atoms with Gasteiger partial charge in [0.2, 0.25) is 0 Å². The molecule has 3 rings (SSSR count). The van der Waals surface area contributed by atoms with Crippen LogP contribution < -0.4 is 0 Å². The third-order valence-corrected chi connectivity index (χ3v) is 5.65. The molecule has 0 bridgehead atoms. The maximum absolute atomic E-state index is 12.6. The van der Waals surface area contributed by atoms with E-state index in [0.717, 1.165) is 38.0 Å². The summed E-state index contributed by atoms with van der Waals surface area (Å²) in [7, 11) is 0. The summed E-state index contributed by atoms with van der Waals surface area (Å²) < 4.78 is 37.7. The van der Waals surface area contributed by atoms with Crippen molar-refractivity contribution < 1.29 is 13.2 Å². The highest BCUT2D eigenvalue weighted by Gasteiger charge is 2.30. The monoisotopic (exact) mass is 353 g/mol. The average molecular weight is 353 g/mol. The zero-order chi connectivity index (χ0) is 17.0. The number of nitrogens with zero attached hydrogens (tertiary/aromatic N) is 1. The van der Waals surface area contributed by atoms with Crippen LogP contribution in [0.4, 0.5) is 13.2 Å². The van der Waals surface area contributed by atoms with Crippen molar-refractivity contribution in [1.82, 2.24) is 4.90 Å². The first-order chi connectivity index (χ1) is 11.5. The van der Waals surface area contributed by atoms with Crippen molar-refractivity contribution in [2.45, 2.75) is 38.4 Å². The first-order valence-electron chi connectivity index (χ1n) is 8.41. The van der Waals surface area contributed by atoms with Crippen molar-refractivity contribution in [3.05, 3.63) is 57.8 Å². The number of hydrogen-bond acceptors (Lipinski definition) is 2. The lowest BCUT2D eigenvalue weighted by atomic mass is 9.90. The minimum atomic E-state index is -4.24. The molecule has 2 aromatic rings. The standard InChI is InChI=1S/C19H22F3NS/c20-19(21,22)17-7-5-15(6-8-17)3-4-16-9-11-23(12-10-16)14-18-2-1-13-24-18/h1-2,5-8,13,16H,3-4,9-12,14H2. The molecule has 24 heavy (non-hydrogen) atoms.